The van der Waals surface area contributed by atoms with Crippen LogP contribution in [0.1, 0.15) is 27.2 Å². The second kappa shape index (κ2) is 4.94. The maximum Gasteiger partial charge on any atom is 0.180 e. The van der Waals surface area contributed by atoms with Crippen molar-refractivity contribution in [1.82, 2.24) is 0 Å². The maximum atomic E-state index is 11.4. The number of carbonyl (C=O) groups excluding carboxylic acids is 1. The third-order valence-electron chi connectivity index (χ3n) is 2.08. The van der Waals surface area contributed by atoms with E-state index in [0.717, 1.165) is 6.42 Å². The van der Waals surface area contributed by atoms with Crippen molar-refractivity contribution in [1.29, 1.82) is 0 Å². The standard InChI is InChI=1S/C9H17NO2.ClH/c1-5(2)4-7(10)8(11)9-6(3)12-9;/h5-7,9H,4,10H2,1-3H3;1H/t6-,7+,9?;/m1./s1. The van der Waals surface area contributed by atoms with Crippen molar-refractivity contribution in [3.05, 3.63) is 0 Å². The van der Waals surface area contributed by atoms with Gasteiger partial charge in [0.25, 0.3) is 0 Å². The minimum Gasteiger partial charge on any atom is -0.362 e. The molecule has 0 aromatic heterocycles. The lowest BCUT2D eigenvalue weighted by atomic mass is 9.99. The van der Waals surface area contributed by atoms with Crippen molar-refractivity contribution in [2.24, 2.45) is 11.7 Å². The SMILES string of the molecule is CC(C)C[C@H](N)C(=O)C1O[C@@H]1C.Cl. The van der Waals surface area contributed by atoms with E-state index in [1.54, 1.807) is 0 Å². The van der Waals surface area contributed by atoms with Crippen LogP contribution >= 0.6 is 12.4 Å². The number of halogens is 1. The van der Waals surface area contributed by atoms with E-state index in [1.807, 2.05) is 6.92 Å². The molecule has 2 N–H and O–H groups in total. The van der Waals surface area contributed by atoms with Crippen molar-refractivity contribution < 1.29 is 9.53 Å². The summed E-state index contributed by atoms with van der Waals surface area (Å²) in [5.74, 6) is 0.536. The first kappa shape index (κ1) is 12.9. The van der Waals surface area contributed by atoms with Crippen LogP contribution in [0.4, 0.5) is 0 Å². The molecule has 0 bridgehead atoms. The van der Waals surface area contributed by atoms with Crippen LogP contribution in [0.2, 0.25) is 0 Å². The number of nitrogens with two attached hydrogens (primary N) is 1. The van der Waals surface area contributed by atoms with Gasteiger partial charge in [0.15, 0.2) is 5.78 Å². The van der Waals surface area contributed by atoms with Gasteiger partial charge in [0, 0.05) is 0 Å². The van der Waals surface area contributed by atoms with Crippen LogP contribution in [-0.2, 0) is 9.53 Å². The van der Waals surface area contributed by atoms with Crippen molar-refractivity contribution >= 4 is 18.2 Å². The third-order valence-corrected chi connectivity index (χ3v) is 2.08. The van der Waals surface area contributed by atoms with Crippen LogP contribution in [0.15, 0.2) is 0 Å². The zero-order chi connectivity index (χ0) is 9.30. The highest BCUT2D eigenvalue weighted by molar-refractivity contribution is 5.90. The Labute approximate surface area is 85.4 Å². The fraction of sp³-hybridized carbons (Fsp3) is 0.889. The average Bonchev–Trinajstić information content (AvgIpc) is 2.64. The van der Waals surface area contributed by atoms with E-state index in [-0.39, 0.29) is 36.4 Å². The lowest BCUT2D eigenvalue weighted by molar-refractivity contribution is -0.121. The van der Waals surface area contributed by atoms with Gasteiger partial charge in [-0.2, -0.15) is 0 Å². The molecule has 1 unspecified atom stereocenters. The first-order valence-corrected chi connectivity index (χ1v) is 4.47. The molecule has 1 aliphatic rings. The number of ether oxygens (including phenoxy) is 1. The van der Waals surface area contributed by atoms with E-state index in [4.69, 9.17) is 10.5 Å². The topological polar surface area (TPSA) is 55.6 Å². The number of epoxide rings is 1. The van der Waals surface area contributed by atoms with Crippen LogP contribution < -0.4 is 5.73 Å². The van der Waals surface area contributed by atoms with Gasteiger partial charge in [-0.3, -0.25) is 4.79 Å². The first-order chi connectivity index (χ1) is 5.52. The Bertz CT molecular complexity index is 184. The highest BCUT2D eigenvalue weighted by atomic mass is 35.5. The summed E-state index contributed by atoms with van der Waals surface area (Å²) < 4.78 is 5.05. The minimum absolute atomic E-state index is 0. The van der Waals surface area contributed by atoms with Gasteiger partial charge in [0.1, 0.15) is 6.10 Å². The molecule has 13 heavy (non-hydrogen) atoms. The van der Waals surface area contributed by atoms with Crippen molar-refractivity contribution in [3.8, 4) is 0 Å². The van der Waals surface area contributed by atoms with Gasteiger partial charge >= 0.3 is 0 Å². The second-order valence-corrected chi connectivity index (χ2v) is 3.90. The fourth-order valence-corrected chi connectivity index (χ4v) is 1.32. The predicted octanol–water partition coefficient (Wildman–Crippen LogP) is 1.14. The summed E-state index contributed by atoms with van der Waals surface area (Å²) in [5.41, 5.74) is 5.69. The molecule has 0 spiro atoms. The average molecular weight is 208 g/mol. The summed E-state index contributed by atoms with van der Waals surface area (Å²) in [5, 5.41) is 0. The van der Waals surface area contributed by atoms with Crippen molar-refractivity contribution in [2.75, 3.05) is 0 Å². The Morgan fingerprint density at radius 2 is 2.00 bits per heavy atom. The lowest BCUT2D eigenvalue weighted by Gasteiger charge is -2.10. The number of hydrogen-bond donors (Lipinski definition) is 1. The summed E-state index contributed by atoms with van der Waals surface area (Å²) in [6.45, 7) is 6.01. The monoisotopic (exact) mass is 207 g/mol. The number of hydrogen-bond acceptors (Lipinski definition) is 3. The van der Waals surface area contributed by atoms with Gasteiger partial charge in [0.2, 0.25) is 0 Å². The molecule has 78 valence electrons. The quantitative estimate of drug-likeness (QED) is 0.704. The maximum absolute atomic E-state index is 11.4. The molecular formula is C9H18ClNO2. The summed E-state index contributed by atoms with van der Waals surface area (Å²) in [4.78, 5) is 11.4. The van der Waals surface area contributed by atoms with Crippen LogP contribution in [0.25, 0.3) is 0 Å². The Hall–Kier alpha value is -0.120. The summed E-state index contributed by atoms with van der Waals surface area (Å²) in [6, 6.07) is -0.333. The molecule has 1 fully saturated rings. The molecular weight excluding hydrogens is 190 g/mol. The molecule has 1 aliphatic heterocycles. The van der Waals surface area contributed by atoms with Crippen LogP contribution in [0.5, 0.6) is 0 Å². The third kappa shape index (κ3) is 3.63. The molecule has 0 aromatic carbocycles. The van der Waals surface area contributed by atoms with E-state index in [2.05, 4.69) is 13.8 Å². The highest BCUT2D eigenvalue weighted by Crippen LogP contribution is 2.23. The van der Waals surface area contributed by atoms with Crippen LogP contribution in [0, 0.1) is 5.92 Å². The van der Waals surface area contributed by atoms with Crippen molar-refractivity contribution in [2.45, 2.75) is 45.4 Å². The number of rotatable bonds is 4. The number of carbonyl (C=O) groups is 1. The molecule has 0 aromatic rings. The Balaban J connectivity index is 0.00000144. The van der Waals surface area contributed by atoms with Gasteiger partial charge in [-0.15, -0.1) is 12.4 Å². The fourth-order valence-electron chi connectivity index (χ4n) is 1.32. The highest BCUT2D eigenvalue weighted by Gasteiger charge is 2.42. The van der Waals surface area contributed by atoms with E-state index in [0.29, 0.717) is 5.92 Å². The molecule has 3 nitrogen and oxygen atoms in total. The number of ketones is 1. The van der Waals surface area contributed by atoms with Gasteiger partial charge < -0.3 is 10.5 Å². The molecule has 3 atom stereocenters. The van der Waals surface area contributed by atoms with E-state index in [9.17, 15) is 4.79 Å². The van der Waals surface area contributed by atoms with E-state index < -0.39 is 0 Å². The first-order valence-electron chi connectivity index (χ1n) is 4.47. The molecule has 1 saturated heterocycles. The van der Waals surface area contributed by atoms with Gasteiger partial charge in [0.05, 0.1) is 12.1 Å². The van der Waals surface area contributed by atoms with Gasteiger partial charge in [-0.25, -0.2) is 0 Å². The van der Waals surface area contributed by atoms with Crippen LogP contribution in [0.3, 0.4) is 0 Å². The Morgan fingerprint density at radius 3 is 2.31 bits per heavy atom. The molecule has 0 radical (unpaired) electrons. The summed E-state index contributed by atoms with van der Waals surface area (Å²) in [7, 11) is 0. The molecule has 1 heterocycles. The molecule has 0 amide bonds. The zero-order valence-corrected chi connectivity index (χ0v) is 9.14. The Morgan fingerprint density at radius 1 is 1.54 bits per heavy atom. The smallest absolute Gasteiger partial charge is 0.180 e. The largest absolute Gasteiger partial charge is 0.362 e. The van der Waals surface area contributed by atoms with Crippen LogP contribution in [-0.4, -0.2) is 24.0 Å². The minimum atomic E-state index is -0.333. The van der Waals surface area contributed by atoms with E-state index in [1.165, 1.54) is 0 Å². The summed E-state index contributed by atoms with van der Waals surface area (Å²) in [6.07, 6.45) is 0.639. The molecule has 1 rings (SSSR count). The normalized spacial score (nSPS) is 28.1. The van der Waals surface area contributed by atoms with Crippen molar-refractivity contribution in [3.63, 3.8) is 0 Å². The predicted molar refractivity (Wildman–Crippen MR) is 54.0 cm³/mol. The number of Topliss-reactive ketones (excluding diaryl/α,β-unsaturated/α-hetero) is 1. The van der Waals surface area contributed by atoms with Gasteiger partial charge in [-0.1, -0.05) is 13.8 Å². The molecule has 0 saturated carbocycles. The Kier molecular flexibility index (Phi) is 4.89. The summed E-state index contributed by atoms with van der Waals surface area (Å²) >= 11 is 0. The molecule has 0 aliphatic carbocycles. The van der Waals surface area contributed by atoms with Gasteiger partial charge in [-0.05, 0) is 19.3 Å². The van der Waals surface area contributed by atoms with E-state index >= 15 is 0 Å². The second-order valence-electron chi connectivity index (χ2n) is 3.90. The molecule has 4 heteroatoms. The zero-order valence-electron chi connectivity index (χ0n) is 8.32. The lowest BCUT2D eigenvalue weighted by Crippen LogP contribution is -2.35.